The normalized spacial score (nSPS) is 16.9. The molecule has 3 nitrogen and oxygen atoms in total. The number of hydrogen-bond acceptors (Lipinski definition) is 2. The molecule has 0 aliphatic heterocycles. The highest BCUT2D eigenvalue weighted by Crippen LogP contribution is 2.34. The van der Waals surface area contributed by atoms with Crippen LogP contribution in [0.25, 0.3) is 0 Å². The van der Waals surface area contributed by atoms with E-state index in [1.807, 2.05) is 0 Å². The van der Waals surface area contributed by atoms with Gasteiger partial charge >= 0.3 is 5.97 Å². The molecule has 1 aliphatic carbocycles. The second kappa shape index (κ2) is 4.34. The number of anilines is 1. The molecule has 1 fully saturated rings. The molecule has 86 valence electrons. The van der Waals surface area contributed by atoms with Gasteiger partial charge in [-0.1, -0.05) is 11.6 Å². The van der Waals surface area contributed by atoms with E-state index < -0.39 is 5.97 Å². The fraction of sp³-hybridized carbons (Fsp3) is 0.417. The SMILES string of the molecule is CC(Nc1ccc(Cl)cc1C(=O)O)C1CC1. The number of nitrogens with one attached hydrogen (secondary N) is 1. The molecule has 0 aromatic heterocycles. The monoisotopic (exact) mass is 239 g/mol. The third kappa shape index (κ3) is 2.47. The molecular formula is C12H14ClNO2. The van der Waals surface area contributed by atoms with Gasteiger partial charge in [-0.25, -0.2) is 4.79 Å². The Labute approximate surface area is 99.4 Å². The molecule has 1 aliphatic rings. The Balaban J connectivity index is 2.21. The van der Waals surface area contributed by atoms with Crippen molar-refractivity contribution < 1.29 is 9.90 Å². The number of carbonyl (C=O) groups is 1. The van der Waals surface area contributed by atoms with E-state index in [-0.39, 0.29) is 5.56 Å². The van der Waals surface area contributed by atoms with Gasteiger partial charge in [0.15, 0.2) is 0 Å². The molecule has 4 heteroatoms. The van der Waals surface area contributed by atoms with Gasteiger partial charge < -0.3 is 10.4 Å². The van der Waals surface area contributed by atoms with Crippen LogP contribution in [0.4, 0.5) is 5.69 Å². The van der Waals surface area contributed by atoms with Crippen molar-refractivity contribution >= 4 is 23.3 Å². The largest absolute Gasteiger partial charge is 0.478 e. The molecule has 0 radical (unpaired) electrons. The summed E-state index contributed by atoms with van der Waals surface area (Å²) < 4.78 is 0. The quantitative estimate of drug-likeness (QED) is 0.848. The Morgan fingerprint density at radius 2 is 2.25 bits per heavy atom. The molecule has 16 heavy (non-hydrogen) atoms. The molecule has 2 N–H and O–H groups in total. The van der Waals surface area contributed by atoms with E-state index in [9.17, 15) is 4.79 Å². The minimum atomic E-state index is -0.951. The van der Waals surface area contributed by atoms with Crippen LogP contribution in [0.1, 0.15) is 30.1 Å². The third-order valence-corrected chi connectivity index (χ3v) is 3.16. The number of benzene rings is 1. The van der Waals surface area contributed by atoms with E-state index in [0.717, 1.165) is 0 Å². The van der Waals surface area contributed by atoms with Gasteiger partial charge in [0.2, 0.25) is 0 Å². The topological polar surface area (TPSA) is 49.3 Å². The average molecular weight is 240 g/mol. The summed E-state index contributed by atoms with van der Waals surface area (Å²) in [4.78, 5) is 11.0. The van der Waals surface area contributed by atoms with Gasteiger partial charge in [-0.15, -0.1) is 0 Å². The highest BCUT2D eigenvalue weighted by Gasteiger charge is 2.28. The Bertz CT molecular complexity index is 415. The number of rotatable bonds is 4. The Morgan fingerprint density at radius 3 is 2.81 bits per heavy atom. The number of hydrogen-bond donors (Lipinski definition) is 2. The van der Waals surface area contributed by atoms with E-state index in [1.165, 1.54) is 18.9 Å². The van der Waals surface area contributed by atoms with Gasteiger partial charge in [0.25, 0.3) is 0 Å². The van der Waals surface area contributed by atoms with Crippen molar-refractivity contribution in [1.82, 2.24) is 0 Å². The van der Waals surface area contributed by atoms with Gasteiger partial charge in [-0.2, -0.15) is 0 Å². The van der Waals surface area contributed by atoms with E-state index in [1.54, 1.807) is 12.1 Å². The van der Waals surface area contributed by atoms with Crippen molar-refractivity contribution in [3.63, 3.8) is 0 Å². The smallest absolute Gasteiger partial charge is 0.337 e. The lowest BCUT2D eigenvalue weighted by Gasteiger charge is -2.16. The van der Waals surface area contributed by atoms with Gasteiger partial charge in [-0.05, 0) is 43.9 Å². The van der Waals surface area contributed by atoms with Crippen LogP contribution in [-0.4, -0.2) is 17.1 Å². The van der Waals surface area contributed by atoms with Crippen molar-refractivity contribution in [1.29, 1.82) is 0 Å². The predicted octanol–water partition coefficient (Wildman–Crippen LogP) is 3.25. The summed E-state index contributed by atoms with van der Waals surface area (Å²) in [5.74, 6) is -0.273. The van der Waals surface area contributed by atoms with Crippen LogP contribution < -0.4 is 5.32 Å². The minimum Gasteiger partial charge on any atom is -0.478 e. The molecular weight excluding hydrogens is 226 g/mol. The Kier molecular flexibility index (Phi) is 3.06. The number of carboxylic acids is 1. The fourth-order valence-corrected chi connectivity index (χ4v) is 1.95. The van der Waals surface area contributed by atoms with E-state index in [0.29, 0.717) is 22.7 Å². The van der Waals surface area contributed by atoms with Crippen LogP contribution in [0.15, 0.2) is 18.2 Å². The van der Waals surface area contributed by atoms with Crippen molar-refractivity contribution in [3.05, 3.63) is 28.8 Å². The molecule has 0 bridgehead atoms. The third-order valence-electron chi connectivity index (χ3n) is 2.92. The first-order chi connectivity index (χ1) is 7.58. The van der Waals surface area contributed by atoms with Crippen molar-refractivity contribution in [3.8, 4) is 0 Å². The summed E-state index contributed by atoms with van der Waals surface area (Å²) in [6, 6.07) is 5.23. The summed E-state index contributed by atoms with van der Waals surface area (Å²) in [6.07, 6.45) is 2.45. The molecule has 0 heterocycles. The van der Waals surface area contributed by atoms with Gasteiger partial charge in [0.1, 0.15) is 0 Å². The van der Waals surface area contributed by atoms with E-state index in [4.69, 9.17) is 16.7 Å². The lowest BCUT2D eigenvalue weighted by atomic mass is 10.1. The maximum absolute atomic E-state index is 11.0. The van der Waals surface area contributed by atoms with Gasteiger partial charge in [0, 0.05) is 16.8 Å². The first-order valence-electron chi connectivity index (χ1n) is 5.37. The second-order valence-electron chi connectivity index (χ2n) is 4.27. The first-order valence-corrected chi connectivity index (χ1v) is 5.75. The minimum absolute atomic E-state index is 0.236. The lowest BCUT2D eigenvalue weighted by Crippen LogP contribution is -2.19. The summed E-state index contributed by atoms with van der Waals surface area (Å²) in [5.41, 5.74) is 0.885. The summed E-state index contributed by atoms with van der Waals surface area (Å²) in [7, 11) is 0. The second-order valence-corrected chi connectivity index (χ2v) is 4.70. The van der Waals surface area contributed by atoms with Gasteiger partial charge in [-0.3, -0.25) is 0 Å². The Morgan fingerprint density at radius 1 is 1.56 bits per heavy atom. The summed E-state index contributed by atoms with van der Waals surface area (Å²) >= 11 is 5.78. The standard InChI is InChI=1S/C12H14ClNO2/c1-7(8-2-3-8)14-11-5-4-9(13)6-10(11)12(15)16/h4-8,14H,2-3H2,1H3,(H,15,16). The molecule has 1 aromatic carbocycles. The van der Waals surface area contributed by atoms with E-state index >= 15 is 0 Å². The van der Waals surface area contributed by atoms with Crippen molar-refractivity contribution in [2.75, 3.05) is 5.32 Å². The maximum atomic E-state index is 11.0. The Hall–Kier alpha value is -1.22. The van der Waals surface area contributed by atoms with Crippen LogP contribution in [-0.2, 0) is 0 Å². The van der Waals surface area contributed by atoms with Crippen LogP contribution in [0.2, 0.25) is 5.02 Å². The molecule has 1 atom stereocenters. The molecule has 1 aromatic rings. The molecule has 0 saturated heterocycles. The van der Waals surface area contributed by atoms with E-state index in [2.05, 4.69) is 12.2 Å². The zero-order chi connectivity index (χ0) is 11.7. The highest BCUT2D eigenvalue weighted by atomic mass is 35.5. The van der Waals surface area contributed by atoms with Crippen LogP contribution in [0.3, 0.4) is 0 Å². The molecule has 1 saturated carbocycles. The predicted molar refractivity (Wildman–Crippen MR) is 64.2 cm³/mol. The summed E-state index contributed by atoms with van der Waals surface area (Å²) in [5, 5.41) is 12.7. The zero-order valence-electron chi connectivity index (χ0n) is 9.03. The first kappa shape index (κ1) is 11.3. The van der Waals surface area contributed by atoms with Crippen LogP contribution in [0, 0.1) is 5.92 Å². The van der Waals surface area contributed by atoms with Crippen molar-refractivity contribution in [2.45, 2.75) is 25.8 Å². The van der Waals surface area contributed by atoms with Gasteiger partial charge in [0.05, 0.1) is 5.56 Å². The fourth-order valence-electron chi connectivity index (χ4n) is 1.78. The number of carboxylic acid groups (broad SMARTS) is 1. The van der Waals surface area contributed by atoms with Crippen LogP contribution in [0.5, 0.6) is 0 Å². The molecule has 1 unspecified atom stereocenters. The highest BCUT2D eigenvalue weighted by molar-refractivity contribution is 6.31. The number of aromatic carboxylic acids is 1. The van der Waals surface area contributed by atoms with Crippen molar-refractivity contribution in [2.24, 2.45) is 5.92 Å². The lowest BCUT2D eigenvalue weighted by molar-refractivity contribution is 0.0698. The molecule has 2 rings (SSSR count). The zero-order valence-corrected chi connectivity index (χ0v) is 9.79. The maximum Gasteiger partial charge on any atom is 0.337 e. The average Bonchev–Trinajstić information content (AvgIpc) is 3.03. The molecule has 0 amide bonds. The van der Waals surface area contributed by atoms with Crippen LogP contribution >= 0.6 is 11.6 Å². The molecule has 0 spiro atoms. The summed E-state index contributed by atoms with van der Waals surface area (Å²) in [6.45, 7) is 2.08. The number of halogens is 1.